The molecule has 0 radical (unpaired) electrons. The third-order valence-corrected chi connectivity index (χ3v) is 8.09. The molecule has 0 aliphatic carbocycles. The highest BCUT2D eigenvalue weighted by Crippen LogP contribution is 2.41. The number of hydrogen-bond acceptors (Lipinski definition) is 12. The van der Waals surface area contributed by atoms with Crippen LogP contribution in [-0.4, -0.2) is 73.3 Å². The second kappa shape index (κ2) is 12.0. The first-order valence-corrected chi connectivity index (χ1v) is 13.9. The molecule has 2 atom stereocenters. The highest BCUT2D eigenvalue weighted by atomic mass is 127. The van der Waals surface area contributed by atoms with Crippen LogP contribution in [0.1, 0.15) is 11.4 Å². The maximum atomic E-state index is 13.1. The number of aromatic nitrogens is 2. The molecule has 1 fully saturated rings. The third-order valence-electron chi connectivity index (χ3n) is 5.29. The zero-order chi connectivity index (χ0) is 26.5. The molecule has 2 amide bonds. The molecule has 0 saturated carbocycles. The summed E-state index contributed by atoms with van der Waals surface area (Å²) in [4.78, 5) is 48.6. The highest BCUT2D eigenvalue weighted by Gasteiger charge is 2.54. The van der Waals surface area contributed by atoms with Crippen LogP contribution < -0.4 is 15.8 Å². The fourth-order valence-electron chi connectivity index (χ4n) is 3.53. The minimum absolute atomic E-state index is 0.0129. The van der Waals surface area contributed by atoms with Crippen molar-refractivity contribution >= 4 is 74.5 Å². The van der Waals surface area contributed by atoms with Crippen molar-refractivity contribution in [3.05, 3.63) is 46.9 Å². The number of ether oxygens (including phenoxy) is 2. The fraction of sp³-hybridized carbons (Fsp3) is 0.333. The van der Waals surface area contributed by atoms with Gasteiger partial charge < -0.3 is 25.4 Å². The van der Waals surface area contributed by atoms with Crippen molar-refractivity contribution < 1.29 is 33.1 Å². The van der Waals surface area contributed by atoms with Crippen LogP contribution >= 0.6 is 45.9 Å². The number of carbonyl (C=O) groups excluding carboxylic acids is 3. The largest absolute Gasteiger partial charge is 0.497 e. The van der Waals surface area contributed by atoms with Crippen molar-refractivity contribution in [1.82, 2.24) is 19.6 Å². The third kappa shape index (κ3) is 5.80. The summed E-state index contributed by atoms with van der Waals surface area (Å²) in [6.07, 6.45) is 0. The Morgan fingerprint density at radius 1 is 1.35 bits per heavy atom. The first-order chi connectivity index (χ1) is 17.9. The molecule has 12 nitrogen and oxygen atoms in total. The van der Waals surface area contributed by atoms with E-state index in [1.807, 2.05) is 0 Å². The minimum atomic E-state index is -1.28. The highest BCUT2D eigenvalue weighted by molar-refractivity contribution is 14.1. The molecule has 2 unspecified atom stereocenters. The SMILES string of the molecule is COc1ccc(COC(=O)C2=C(CI)CSC3C(NC(=O)/C(=N/OCF)c4nsc(N)n4)C(=O)N23)cc1. The second-order valence-electron chi connectivity index (χ2n) is 7.51. The molecule has 2 aliphatic heterocycles. The second-order valence-corrected chi connectivity index (χ2v) is 10.2. The van der Waals surface area contributed by atoms with Gasteiger partial charge in [-0.25, -0.2) is 9.18 Å². The molecular weight excluding hydrogens is 642 g/mol. The summed E-state index contributed by atoms with van der Waals surface area (Å²) in [6.45, 7) is -1.27. The Morgan fingerprint density at radius 3 is 2.73 bits per heavy atom. The summed E-state index contributed by atoms with van der Waals surface area (Å²) in [7, 11) is 1.56. The van der Waals surface area contributed by atoms with E-state index in [9.17, 15) is 18.8 Å². The van der Waals surface area contributed by atoms with Crippen molar-refractivity contribution in [2.75, 3.05) is 29.9 Å². The number of halogens is 2. The van der Waals surface area contributed by atoms with E-state index < -0.39 is 41.8 Å². The maximum Gasteiger partial charge on any atom is 0.355 e. The van der Waals surface area contributed by atoms with Gasteiger partial charge in [0.05, 0.1) is 7.11 Å². The van der Waals surface area contributed by atoms with Gasteiger partial charge in [-0.1, -0.05) is 39.9 Å². The van der Waals surface area contributed by atoms with Crippen LogP contribution in [0.3, 0.4) is 0 Å². The monoisotopic (exact) mass is 662 g/mol. The summed E-state index contributed by atoms with van der Waals surface area (Å²) < 4.78 is 27.5. The van der Waals surface area contributed by atoms with Crippen molar-refractivity contribution in [3.8, 4) is 5.75 Å². The number of nitrogens with zero attached hydrogens (tertiary/aromatic N) is 4. The molecule has 2 aliphatic rings. The number of fused-ring (bicyclic) bond motifs is 1. The maximum absolute atomic E-state index is 13.1. The molecule has 2 aromatic rings. The quantitative estimate of drug-likeness (QED) is 0.0957. The lowest BCUT2D eigenvalue weighted by molar-refractivity contribution is -0.153. The van der Waals surface area contributed by atoms with Gasteiger partial charge in [0.2, 0.25) is 11.5 Å². The fourth-order valence-corrected chi connectivity index (χ4v) is 6.30. The summed E-state index contributed by atoms with van der Waals surface area (Å²) >= 11 is 4.33. The summed E-state index contributed by atoms with van der Waals surface area (Å²) in [5.41, 5.74) is 6.81. The van der Waals surface area contributed by atoms with Crippen LogP contribution in [0.5, 0.6) is 5.75 Å². The Balaban J connectivity index is 1.46. The van der Waals surface area contributed by atoms with Gasteiger partial charge in [0.15, 0.2) is 5.13 Å². The molecule has 0 spiro atoms. The number of hydrogen-bond donors (Lipinski definition) is 2. The van der Waals surface area contributed by atoms with Crippen LogP contribution in [0.25, 0.3) is 0 Å². The minimum Gasteiger partial charge on any atom is -0.497 e. The first-order valence-electron chi connectivity index (χ1n) is 10.6. The molecule has 0 bridgehead atoms. The van der Waals surface area contributed by atoms with E-state index in [-0.39, 0.29) is 23.3 Å². The molecule has 4 rings (SSSR count). The van der Waals surface area contributed by atoms with Gasteiger partial charge >= 0.3 is 5.97 Å². The average Bonchev–Trinajstić information content (AvgIpc) is 3.35. The zero-order valence-electron chi connectivity index (χ0n) is 19.2. The number of nitrogens with two attached hydrogens (primary N) is 1. The van der Waals surface area contributed by atoms with Gasteiger partial charge in [0.25, 0.3) is 18.7 Å². The number of nitrogen functional groups attached to an aromatic ring is 1. The van der Waals surface area contributed by atoms with Crippen LogP contribution in [0.2, 0.25) is 0 Å². The number of alkyl halides is 2. The van der Waals surface area contributed by atoms with E-state index in [0.29, 0.717) is 15.9 Å². The average molecular weight is 662 g/mol. The van der Waals surface area contributed by atoms with Crippen molar-refractivity contribution in [1.29, 1.82) is 0 Å². The van der Waals surface area contributed by atoms with Crippen LogP contribution in [0.4, 0.5) is 9.52 Å². The lowest BCUT2D eigenvalue weighted by Gasteiger charge is -2.49. The number of anilines is 1. The molecule has 37 heavy (non-hydrogen) atoms. The Morgan fingerprint density at radius 2 is 2.11 bits per heavy atom. The summed E-state index contributed by atoms with van der Waals surface area (Å²) in [5.74, 6) is -1.00. The number of nitrogens with one attached hydrogen (secondary N) is 1. The van der Waals surface area contributed by atoms with Crippen molar-refractivity contribution in [2.24, 2.45) is 5.16 Å². The number of oxime groups is 1. The van der Waals surface area contributed by atoms with Gasteiger partial charge in [-0.3, -0.25) is 14.5 Å². The number of methoxy groups -OCH3 is 1. The molecule has 3 N–H and O–H groups in total. The summed E-state index contributed by atoms with van der Waals surface area (Å²) in [6, 6.07) is 6.09. The molecule has 16 heteroatoms. The molecule has 196 valence electrons. The van der Waals surface area contributed by atoms with E-state index in [1.165, 1.54) is 16.7 Å². The number of rotatable bonds is 10. The number of esters is 1. The van der Waals surface area contributed by atoms with E-state index in [2.05, 4.69) is 47.3 Å². The van der Waals surface area contributed by atoms with Crippen LogP contribution in [0, 0.1) is 0 Å². The zero-order valence-corrected chi connectivity index (χ0v) is 23.0. The van der Waals surface area contributed by atoms with Gasteiger partial charge in [0.1, 0.15) is 29.5 Å². The topological polar surface area (TPSA) is 158 Å². The molecule has 1 saturated heterocycles. The number of carbonyl (C=O) groups is 3. The molecule has 1 aromatic heterocycles. The first kappa shape index (κ1) is 27.1. The lowest BCUT2D eigenvalue weighted by Crippen LogP contribution is -2.71. The van der Waals surface area contributed by atoms with Crippen LogP contribution in [-0.2, 0) is 30.6 Å². The Bertz CT molecular complexity index is 1260. The standard InChI is InChI=1S/C21H20FIN6O6S2/c1-33-12-4-2-10(3-5-12)7-34-20(32)15-11(6-23)8-36-19-14(18(31)29(15)19)25-17(30)13(27-35-9-22)16-26-21(24)37-28-16/h2-5,14,19H,6-9H2,1H3,(H,25,30)(H2,24,26,28)/b27-13+. The smallest absolute Gasteiger partial charge is 0.355 e. The lowest BCUT2D eigenvalue weighted by atomic mass is 10.0. The van der Waals surface area contributed by atoms with E-state index in [1.54, 1.807) is 31.4 Å². The molecule has 1 aromatic carbocycles. The number of β-lactam (4-membered cyclic amide) rings is 1. The van der Waals surface area contributed by atoms with Crippen molar-refractivity contribution in [3.63, 3.8) is 0 Å². The van der Waals surface area contributed by atoms with Crippen molar-refractivity contribution in [2.45, 2.75) is 18.0 Å². The Labute approximate surface area is 232 Å². The van der Waals surface area contributed by atoms with Crippen LogP contribution in [0.15, 0.2) is 40.7 Å². The molecule has 3 heterocycles. The number of thioether (sulfide) groups is 1. The van der Waals surface area contributed by atoms with E-state index >= 15 is 0 Å². The van der Waals surface area contributed by atoms with Gasteiger partial charge in [-0.05, 0) is 23.3 Å². The van der Waals surface area contributed by atoms with E-state index in [0.717, 1.165) is 22.7 Å². The summed E-state index contributed by atoms with van der Waals surface area (Å²) in [5, 5.41) is 5.50. The number of amides is 2. The van der Waals surface area contributed by atoms with E-state index in [4.69, 9.17) is 15.2 Å². The Kier molecular flexibility index (Phi) is 8.80. The normalized spacial score (nSPS) is 19.2. The van der Waals surface area contributed by atoms with Gasteiger partial charge in [-0.15, -0.1) is 11.8 Å². The van der Waals surface area contributed by atoms with Gasteiger partial charge in [0, 0.05) is 21.7 Å². The Hall–Kier alpha value is -2.99. The van der Waals surface area contributed by atoms with Gasteiger partial charge in [-0.2, -0.15) is 9.36 Å². The molecular formula is C21H20FIN6O6S2. The number of benzene rings is 1. The predicted molar refractivity (Wildman–Crippen MR) is 142 cm³/mol. The predicted octanol–water partition coefficient (Wildman–Crippen LogP) is 1.61.